The Balaban J connectivity index is 1.22. The van der Waals surface area contributed by atoms with Gasteiger partial charge in [-0.15, -0.1) is 11.3 Å². The topological polar surface area (TPSA) is 58.9 Å². The van der Waals surface area contributed by atoms with Crippen LogP contribution in [0.5, 0.6) is 0 Å². The lowest BCUT2D eigenvalue weighted by atomic mass is 10.1. The summed E-state index contributed by atoms with van der Waals surface area (Å²) in [6, 6.07) is 8.31. The molecule has 0 unspecified atom stereocenters. The zero-order chi connectivity index (χ0) is 18.4. The van der Waals surface area contributed by atoms with E-state index in [1.165, 1.54) is 11.3 Å². The zero-order valence-electron chi connectivity index (χ0n) is 14.5. The normalized spacial score (nSPS) is 25.6. The van der Waals surface area contributed by atoms with E-state index in [-0.39, 0.29) is 18.1 Å². The minimum absolute atomic E-state index is 0.0490. The molecule has 5 rings (SSSR count). The third-order valence-electron chi connectivity index (χ3n) is 5.32. The summed E-state index contributed by atoms with van der Waals surface area (Å²) in [4.78, 5) is 20.2. The number of thiazole rings is 1. The summed E-state index contributed by atoms with van der Waals surface area (Å²) in [5.41, 5.74) is 1.62. The van der Waals surface area contributed by atoms with Crippen LogP contribution in [-0.2, 0) is 4.74 Å². The van der Waals surface area contributed by atoms with E-state index in [9.17, 15) is 4.79 Å². The molecule has 27 heavy (non-hydrogen) atoms. The molecule has 6 nitrogen and oxygen atoms in total. The highest BCUT2D eigenvalue weighted by atomic mass is 35.5. The van der Waals surface area contributed by atoms with E-state index in [1.54, 1.807) is 6.20 Å². The molecule has 2 aromatic heterocycles. The molecule has 3 atom stereocenters. The highest BCUT2D eigenvalue weighted by Gasteiger charge is 2.38. The third-order valence-corrected chi connectivity index (χ3v) is 6.34. The zero-order valence-corrected chi connectivity index (χ0v) is 16.1. The number of morpholine rings is 1. The second-order valence-electron chi connectivity index (χ2n) is 7.11. The van der Waals surface area contributed by atoms with Crippen molar-refractivity contribution < 1.29 is 9.53 Å². The summed E-state index contributed by atoms with van der Waals surface area (Å²) < 4.78 is 7.95. The lowest BCUT2D eigenvalue weighted by molar-refractivity contribution is -0.0502. The average Bonchev–Trinajstić information content (AvgIpc) is 3.35. The number of rotatable bonds is 3. The Bertz CT molecular complexity index is 941. The van der Waals surface area contributed by atoms with Crippen LogP contribution in [0, 0.1) is 0 Å². The fourth-order valence-electron chi connectivity index (χ4n) is 3.95. The van der Waals surface area contributed by atoms with Crippen LogP contribution < -0.4 is 5.32 Å². The quantitative estimate of drug-likeness (QED) is 0.731. The predicted octanol–water partition coefficient (Wildman–Crippen LogP) is 2.99. The number of aromatic nitrogens is 2. The van der Waals surface area contributed by atoms with Gasteiger partial charge in [0.2, 0.25) is 0 Å². The Hall–Kier alpha value is -1.93. The summed E-state index contributed by atoms with van der Waals surface area (Å²) in [6.45, 7) is 2.35. The fraction of sp³-hybridized carbons (Fsp3) is 0.368. The number of benzene rings is 1. The number of nitrogens with zero attached hydrogens (tertiary/aromatic N) is 3. The van der Waals surface area contributed by atoms with Gasteiger partial charge < -0.3 is 10.1 Å². The average molecular weight is 403 g/mol. The summed E-state index contributed by atoms with van der Waals surface area (Å²) in [5, 5.41) is 5.83. The predicted molar refractivity (Wildman–Crippen MR) is 104 cm³/mol. The van der Waals surface area contributed by atoms with E-state index < -0.39 is 0 Å². The standard InChI is InChI=1S/C19H19ClN4O2S/c20-13-3-1-12(2-4-13)17-10-24-8-14(7-15(24)11-26-17)21-18(25)16-9-23-5-6-27-19(23)22-16/h1-6,9,14-15,17H,7-8,10-11H2,(H,21,25)/t14-,15+,17-/m1/s1. The molecular weight excluding hydrogens is 384 g/mol. The summed E-state index contributed by atoms with van der Waals surface area (Å²) in [7, 11) is 0. The van der Waals surface area contributed by atoms with Crippen LogP contribution in [0.3, 0.4) is 0 Å². The number of imidazole rings is 1. The van der Waals surface area contributed by atoms with Crippen molar-refractivity contribution in [2.75, 3.05) is 19.7 Å². The van der Waals surface area contributed by atoms with Gasteiger partial charge in [-0.3, -0.25) is 14.1 Å². The van der Waals surface area contributed by atoms with Crippen LogP contribution in [-0.4, -0.2) is 52.0 Å². The van der Waals surface area contributed by atoms with Crippen LogP contribution in [0.25, 0.3) is 4.96 Å². The number of carbonyl (C=O) groups is 1. The first-order valence-electron chi connectivity index (χ1n) is 9.00. The Morgan fingerprint density at radius 2 is 2.15 bits per heavy atom. The highest BCUT2D eigenvalue weighted by molar-refractivity contribution is 7.15. The van der Waals surface area contributed by atoms with Crippen LogP contribution in [0.15, 0.2) is 42.0 Å². The maximum Gasteiger partial charge on any atom is 0.271 e. The van der Waals surface area contributed by atoms with Crippen molar-refractivity contribution in [3.63, 3.8) is 0 Å². The summed E-state index contributed by atoms with van der Waals surface area (Å²) in [6.07, 6.45) is 4.64. The van der Waals surface area contributed by atoms with Crippen molar-refractivity contribution in [1.82, 2.24) is 19.6 Å². The van der Waals surface area contributed by atoms with Gasteiger partial charge in [0, 0.05) is 48.0 Å². The van der Waals surface area contributed by atoms with Gasteiger partial charge in [0.25, 0.3) is 5.91 Å². The van der Waals surface area contributed by atoms with Crippen molar-refractivity contribution in [2.45, 2.75) is 24.6 Å². The number of hydrogen-bond donors (Lipinski definition) is 1. The van der Waals surface area contributed by atoms with Crippen molar-refractivity contribution in [3.8, 4) is 0 Å². The van der Waals surface area contributed by atoms with Gasteiger partial charge in [-0.2, -0.15) is 0 Å². The van der Waals surface area contributed by atoms with Crippen molar-refractivity contribution in [3.05, 3.63) is 58.3 Å². The fourth-order valence-corrected chi connectivity index (χ4v) is 4.78. The van der Waals surface area contributed by atoms with Crippen LogP contribution in [0.4, 0.5) is 0 Å². The second-order valence-corrected chi connectivity index (χ2v) is 8.42. The van der Waals surface area contributed by atoms with Crippen molar-refractivity contribution >= 4 is 33.8 Å². The largest absolute Gasteiger partial charge is 0.371 e. The summed E-state index contributed by atoms with van der Waals surface area (Å²) in [5.74, 6) is -0.106. The molecule has 0 spiro atoms. The molecule has 4 heterocycles. The van der Waals surface area contributed by atoms with E-state index in [1.807, 2.05) is 40.2 Å². The molecule has 1 amide bonds. The molecule has 2 aliphatic rings. The second kappa shape index (κ2) is 6.91. The SMILES string of the molecule is O=C(N[C@@H]1C[C@H]2CO[C@@H](c3ccc(Cl)cc3)CN2C1)c1cn2ccsc2n1. The van der Waals surface area contributed by atoms with Crippen molar-refractivity contribution in [2.24, 2.45) is 0 Å². The molecule has 0 bridgehead atoms. The molecule has 0 radical (unpaired) electrons. The van der Waals surface area contributed by atoms with E-state index in [0.29, 0.717) is 18.3 Å². The molecule has 2 saturated heterocycles. The number of fused-ring (bicyclic) bond motifs is 2. The van der Waals surface area contributed by atoms with Crippen LogP contribution in [0.1, 0.15) is 28.6 Å². The number of carbonyl (C=O) groups excluding carboxylic acids is 1. The number of halogens is 1. The Morgan fingerprint density at radius 1 is 1.30 bits per heavy atom. The molecule has 2 fully saturated rings. The van der Waals surface area contributed by atoms with Gasteiger partial charge in [-0.05, 0) is 24.1 Å². The van der Waals surface area contributed by atoms with E-state index in [2.05, 4.69) is 15.2 Å². The Labute approximate surface area is 165 Å². The minimum Gasteiger partial charge on any atom is -0.371 e. The number of ether oxygens (including phenoxy) is 1. The van der Waals surface area contributed by atoms with Crippen LogP contribution in [0.2, 0.25) is 5.02 Å². The lowest BCUT2D eigenvalue weighted by Gasteiger charge is -2.35. The van der Waals surface area contributed by atoms with Gasteiger partial charge in [-0.25, -0.2) is 4.98 Å². The summed E-state index contributed by atoms with van der Waals surface area (Å²) >= 11 is 7.50. The Kier molecular flexibility index (Phi) is 4.40. The molecular formula is C19H19ClN4O2S. The molecule has 140 valence electrons. The van der Waals surface area contributed by atoms with Gasteiger partial charge in [0.15, 0.2) is 4.96 Å². The van der Waals surface area contributed by atoms with Gasteiger partial charge in [0.05, 0.1) is 12.7 Å². The monoisotopic (exact) mass is 402 g/mol. The minimum atomic E-state index is -0.106. The number of nitrogens with one attached hydrogen (secondary N) is 1. The molecule has 0 aliphatic carbocycles. The molecule has 0 saturated carbocycles. The molecule has 1 aromatic carbocycles. The van der Waals surface area contributed by atoms with Gasteiger partial charge >= 0.3 is 0 Å². The lowest BCUT2D eigenvalue weighted by Crippen LogP contribution is -2.43. The first kappa shape index (κ1) is 17.2. The Morgan fingerprint density at radius 3 is 2.96 bits per heavy atom. The molecule has 2 aliphatic heterocycles. The van der Waals surface area contributed by atoms with E-state index >= 15 is 0 Å². The molecule has 1 N–H and O–H groups in total. The first-order chi connectivity index (χ1) is 13.2. The van der Waals surface area contributed by atoms with E-state index in [4.69, 9.17) is 16.3 Å². The third kappa shape index (κ3) is 3.36. The van der Waals surface area contributed by atoms with Gasteiger partial charge in [-0.1, -0.05) is 23.7 Å². The number of hydrogen-bond acceptors (Lipinski definition) is 5. The molecule has 8 heteroatoms. The van der Waals surface area contributed by atoms with E-state index in [0.717, 1.165) is 35.1 Å². The van der Waals surface area contributed by atoms with Crippen LogP contribution >= 0.6 is 22.9 Å². The number of amides is 1. The highest BCUT2D eigenvalue weighted by Crippen LogP contribution is 2.31. The maximum absolute atomic E-state index is 12.5. The first-order valence-corrected chi connectivity index (χ1v) is 10.3. The maximum atomic E-state index is 12.5. The molecule has 3 aromatic rings. The van der Waals surface area contributed by atoms with Crippen molar-refractivity contribution in [1.29, 1.82) is 0 Å². The smallest absolute Gasteiger partial charge is 0.271 e. The van der Waals surface area contributed by atoms with Gasteiger partial charge in [0.1, 0.15) is 5.69 Å².